The minimum atomic E-state index is -0.570. The maximum Gasteiger partial charge on any atom is 0.289 e. The summed E-state index contributed by atoms with van der Waals surface area (Å²) in [6.45, 7) is 2.50. The van der Waals surface area contributed by atoms with Gasteiger partial charge in [0.25, 0.3) is 5.69 Å². The number of hydrogen-bond donors (Lipinski definition) is 1. The second kappa shape index (κ2) is 5.80. The summed E-state index contributed by atoms with van der Waals surface area (Å²) in [4.78, 5) is 14.0. The molecule has 0 unspecified atom stereocenters. The topological polar surface area (TPSA) is 91.8 Å². The number of aryl methyl sites for hydroxylation is 1. The van der Waals surface area contributed by atoms with Gasteiger partial charge in [0.1, 0.15) is 23.6 Å². The Kier molecular flexibility index (Phi) is 3.91. The fraction of sp³-hybridized carbons (Fsp3) is 0.143. The van der Waals surface area contributed by atoms with Gasteiger partial charge in [-0.2, -0.15) is 5.26 Å². The molecule has 0 saturated heterocycles. The molecular formula is C14H12N4O2. The number of nitrogens with one attached hydrogen (secondary N) is 1. The van der Waals surface area contributed by atoms with Gasteiger partial charge >= 0.3 is 0 Å². The van der Waals surface area contributed by atoms with Crippen LogP contribution in [0.15, 0.2) is 36.5 Å². The minimum Gasteiger partial charge on any atom is -0.365 e. The second-order valence-corrected chi connectivity index (χ2v) is 4.24. The van der Waals surface area contributed by atoms with E-state index in [1.807, 2.05) is 37.3 Å². The Balaban J connectivity index is 2.20. The zero-order valence-corrected chi connectivity index (χ0v) is 10.8. The number of hydrogen-bond acceptors (Lipinski definition) is 5. The molecule has 0 aliphatic carbocycles. The van der Waals surface area contributed by atoms with E-state index in [0.29, 0.717) is 12.4 Å². The van der Waals surface area contributed by atoms with Crippen LogP contribution < -0.4 is 5.32 Å². The molecule has 6 nitrogen and oxygen atoms in total. The van der Waals surface area contributed by atoms with Crippen molar-refractivity contribution < 1.29 is 4.92 Å². The summed E-state index contributed by atoms with van der Waals surface area (Å²) >= 11 is 0. The number of pyridine rings is 1. The Labute approximate surface area is 115 Å². The molecule has 6 heteroatoms. The summed E-state index contributed by atoms with van der Waals surface area (Å²) in [5, 5.41) is 22.7. The van der Waals surface area contributed by atoms with E-state index in [0.717, 1.165) is 17.3 Å². The standard InChI is InChI=1S/C14H12N4O2/c1-10-4-2-3-5-11(10)8-16-14-12(7-15)6-13(9-17-14)18(19)20/h2-6,9H,8H2,1H3,(H,16,17). The number of rotatable bonds is 4. The van der Waals surface area contributed by atoms with E-state index in [1.165, 1.54) is 6.07 Å². The number of nitro groups is 1. The van der Waals surface area contributed by atoms with E-state index < -0.39 is 4.92 Å². The summed E-state index contributed by atoms with van der Waals surface area (Å²) < 4.78 is 0. The minimum absolute atomic E-state index is 0.160. The number of nitrogens with zero attached hydrogens (tertiary/aromatic N) is 3. The van der Waals surface area contributed by atoms with Gasteiger partial charge in [0.05, 0.1) is 4.92 Å². The molecule has 0 radical (unpaired) electrons. The molecule has 0 bridgehead atoms. The highest BCUT2D eigenvalue weighted by Gasteiger charge is 2.12. The van der Waals surface area contributed by atoms with Gasteiger partial charge in [-0.1, -0.05) is 24.3 Å². The molecule has 20 heavy (non-hydrogen) atoms. The lowest BCUT2D eigenvalue weighted by molar-refractivity contribution is -0.385. The lowest BCUT2D eigenvalue weighted by atomic mass is 10.1. The third kappa shape index (κ3) is 2.90. The Hall–Kier alpha value is -2.94. The summed E-state index contributed by atoms with van der Waals surface area (Å²) in [7, 11) is 0. The molecule has 100 valence electrons. The van der Waals surface area contributed by atoms with Crippen LogP contribution in [0.2, 0.25) is 0 Å². The van der Waals surface area contributed by atoms with E-state index in [-0.39, 0.29) is 11.3 Å². The molecule has 1 aromatic carbocycles. The number of anilines is 1. The Morgan fingerprint density at radius 3 is 2.85 bits per heavy atom. The van der Waals surface area contributed by atoms with Gasteiger partial charge < -0.3 is 5.32 Å². The van der Waals surface area contributed by atoms with Crippen molar-refractivity contribution in [2.45, 2.75) is 13.5 Å². The Morgan fingerprint density at radius 1 is 1.45 bits per heavy atom. The van der Waals surface area contributed by atoms with Crippen LogP contribution in [0.5, 0.6) is 0 Å². The van der Waals surface area contributed by atoms with Crippen LogP contribution in [0.4, 0.5) is 11.5 Å². The van der Waals surface area contributed by atoms with Crippen LogP contribution in [-0.4, -0.2) is 9.91 Å². The molecule has 0 aliphatic rings. The van der Waals surface area contributed by atoms with E-state index in [1.54, 1.807) is 0 Å². The lowest BCUT2D eigenvalue weighted by Crippen LogP contribution is -2.05. The zero-order valence-electron chi connectivity index (χ0n) is 10.8. The van der Waals surface area contributed by atoms with Crippen molar-refractivity contribution in [3.8, 4) is 6.07 Å². The molecule has 0 aliphatic heterocycles. The molecule has 0 fully saturated rings. The summed E-state index contributed by atoms with van der Waals surface area (Å²) in [5.41, 5.74) is 2.17. The van der Waals surface area contributed by atoms with Crippen molar-refractivity contribution in [2.24, 2.45) is 0 Å². The quantitative estimate of drug-likeness (QED) is 0.680. The van der Waals surface area contributed by atoms with Crippen LogP contribution in [-0.2, 0) is 6.54 Å². The van der Waals surface area contributed by atoms with E-state index in [9.17, 15) is 10.1 Å². The third-order valence-corrected chi connectivity index (χ3v) is 2.91. The van der Waals surface area contributed by atoms with Crippen molar-refractivity contribution in [3.63, 3.8) is 0 Å². The number of aromatic nitrogens is 1. The number of benzene rings is 1. The Bertz CT molecular complexity index is 692. The van der Waals surface area contributed by atoms with E-state index in [4.69, 9.17) is 5.26 Å². The highest BCUT2D eigenvalue weighted by molar-refractivity contribution is 5.55. The Morgan fingerprint density at radius 2 is 2.20 bits per heavy atom. The van der Waals surface area contributed by atoms with Crippen molar-refractivity contribution in [1.29, 1.82) is 5.26 Å². The van der Waals surface area contributed by atoms with Gasteiger partial charge in [-0.15, -0.1) is 0 Å². The first-order valence-corrected chi connectivity index (χ1v) is 5.94. The van der Waals surface area contributed by atoms with Crippen LogP contribution in [0.1, 0.15) is 16.7 Å². The van der Waals surface area contributed by atoms with Crippen molar-refractivity contribution >= 4 is 11.5 Å². The predicted molar refractivity (Wildman–Crippen MR) is 74.1 cm³/mol. The van der Waals surface area contributed by atoms with Crippen molar-refractivity contribution in [3.05, 3.63) is 63.3 Å². The highest BCUT2D eigenvalue weighted by atomic mass is 16.6. The number of nitriles is 1. The molecular weight excluding hydrogens is 256 g/mol. The first-order valence-electron chi connectivity index (χ1n) is 5.94. The average molecular weight is 268 g/mol. The molecule has 0 spiro atoms. The van der Waals surface area contributed by atoms with Crippen LogP contribution in [0, 0.1) is 28.4 Å². The summed E-state index contributed by atoms with van der Waals surface area (Å²) in [6.07, 6.45) is 1.14. The maximum atomic E-state index is 10.6. The van der Waals surface area contributed by atoms with Crippen molar-refractivity contribution in [2.75, 3.05) is 5.32 Å². The zero-order chi connectivity index (χ0) is 14.5. The van der Waals surface area contributed by atoms with Crippen molar-refractivity contribution in [1.82, 2.24) is 4.98 Å². The van der Waals surface area contributed by atoms with Crippen LogP contribution >= 0.6 is 0 Å². The largest absolute Gasteiger partial charge is 0.365 e. The van der Waals surface area contributed by atoms with Crippen LogP contribution in [0.25, 0.3) is 0 Å². The van der Waals surface area contributed by atoms with Gasteiger partial charge in [-0.05, 0) is 18.1 Å². The summed E-state index contributed by atoms with van der Waals surface area (Å²) in [6, 6.07) is 11.0. The molecule has 0 amide bonds. The molecule has 0 saturated carbocycles. The molecule has 1 N–H and O–H groups in total. The van der Waals surface area contributed by atoms with E-state index >= 15 is 0 Å². The molecule has 1 heterocycles. The fourth-order valence-corrected chi connectivity index (χ4v) is 1.77. The van der Waals surface area contributed by atoms with Gasteiger partial charge in [0.15, 0.2) is 0 Å². The predicted octanol–water partition coefficient (Wildman–Crippen LogP) is 2.78. The molecule has 1 aromatic heterocycles. The second-order valence-electron chi connectivity index (χ2n) is 4.24. The summed E-state index contributed by atoms with van der Waals surface area (Å²) in [5.74, 6) is 0.348. The SMILES string of the molecule is Cc1ccccc1CNc1ncc([N+](=O)[O-])cc1C#N. The highest BCUT2D eigenvalue weighted by Crippen LogP contribution is 2.19. The fourth-order valence-electron chi connectivity index (χ4n) is 1.77. The normalized spacial score (nSPS) is 9.80. The van der Waals surface area contributed by atoms with Gasteiger partial charge in [0.2, 0.25) is 0 Å². The smallest absolute Gasteiger partial charge is 0.289 e. The van der Waals surface area contributed by atoms with E-state index in [2.05, 4.69) is 10.3 Å². The monoisotopic (exact) mass is 268 g/mol. The third-order valence-electron chi connectivity index (χ3n) is 2.91. The first kappa shape index (κ1) is 13.5. The molecule has 0 atom stereocenters. The van der Waals surface area contributed by atoms with Gasteiger partial charge in [-0.3, -0.25) is 10.1 Å². The van der Waals surface area contributed by atoms with Gasteiger partial charge in [-0.25, -0.2) is 4.98 Å². The maximum absolute atomic E-state index is 10.6. The molecule has 2 rings (SSSR count). The van der Waals surface area contributed by atoms with Crippen LogP contribution in [0.3, 0.4) is 0 Å². The van der Waals surface area contributed by atoms with Gasteiger partial charge in [0, 0.05) is 12.6 Å². The molecule has 2 aromatic rings. The lowest BCUT2D eigenvalue weighted by Gasteiger charge is -2.09. The first-order chi connectivity index (χ1) is 9.61. The average Bonchev–Trinajstić information content (AvgIpc) is 2.46.